The Hall–Kier alpha value is -2.41. The average molecular weight is 345 g/mol. The number of fused-ring (bicyclic) bond motifs is 1. The van der Waals surface area contributed by atoms with Gasteiger partial charge in [-0.2, -0.15) is 0 Å². The fourth-order valence-corrected chi connectivity index (χ4v) is 2.70. The van der Waals surface area contributed by atoms with Gasteiger partial charge in [0.2, 0.25) is 5.91 Å². The van der Waals surface area contributed by atoms with E-state index in [9.17, 15) is 14.4 Å². The average Bonchev–Trinajstić information content (AvgIpc) is 3.42. The van der Waals surface area contributed by atoms with Crippen molar-refractivity contribution in [2.75, 3.05) is 19.8 Å². The normalized spacial score (nSPS) is 13.9. The number of ether oxygens (including phenoxy) is 1. The van der Waals surface area contributed by atoms with Crippen molar-refractivity contribution in [1.29, 1.82) is 0 Å². The van der Waals surface area contributed by atoms with Crippen molar-refractivity contribution in [3.63, 3.8) is 0 Å². The van der Waals surface area contributed by atoms with E-state index >= 15 is 0 Å². The first-order valence-corrected chi connectivity index (χ1v) is 8.71. The van der Waals surface area contributed by atoms with Gasteiger partial charge in [-0.25, -0.2) is 4.79 Å². The molecule has 134 valence electrons. The number of para-hydroxylation sites is 1. The number of aromatic nitrogens is 2. The number of carbonyl (C=O) groups is 1. The van der Waals surface area contributed by atoms with Crippen molar-refractivity contribution in [2.45, 2.75) is 32.2 Å². The van der Waals surface area contributed by atoms with E-state index in [1.54, 1.807) is 24.3 Å². The second kappa shape index (κ2) is 8.11. The molecule has 2 aromatic rings. The van der Waals surface area contributed by atoms with Crippen LogP contribution in [0.15, 0.2) is 33.9 Å². The molecule has 1 aromatic heterocycles. The first-order valence-electron chi connectivity index (χ1n) is 8.71. The standard InChI is InChI=1S/C18H23N3O4/c22-16(19-9-3-11-25-12-13-6-7-13)8-10-21-15-5-2-1-4-14(15)17(23)20-18(21)24/h1-2,4-5,13H,3,6-12H2,(H,19,22)(H,20,23,24). The van der Waals surface area contributed by atoms with Crippen LogP contribution in [-0.4, -0.2) is 35.2 Å². The number of aromatic amines is 1. The van der Waals surface area contributed by atoms with Gasteiger partial charge in [-0.15, -0.1) is 0 Å². The van der Waals surface area contributed by atoms with Crippen molar-refractivity contribution in [3.8, 4) is 0 Å². The molecule has 7 nitrogen and oxygen atoms in total. The van der Waals surface area contributed by atoms with Crippen molar-refractivity contribution < 1.29 is 9.53 Å². The lowest BCUT2D eigenvalue weighted by atomic mass is 10.2. The summed E-state index contributed by atoms with van der Waals surface area (Å²) < 4.78 is 6.94. The molecule has 1 aliphatic rings. The lowest BCUT2D eigenvalue weighted by Crippen LogP contribution is -2.32. The predicted octanol–water partition coefficient (Wildman–Crippen LogP) is 1.01. The number of benzene rings is 1. The third kappa shape index (κ3) is 4.79. The van der Waals surface area contributed by atoms with Crippen LogP contribution in [0.1, 0.15) is 25.7 Å². The summed E-state index contributed by atoms with van der Waals surface area (Å²) in [7, 11) is 0. The molecule has 1 aromatic carbocycles. The fourth-order valence-electron chi connectivity index (χ4n) is 2.70. The Labute approximate surface area is 145 Å². The van der Waals surface area contributed by atoms with Crippen LogP contribution in [0.25, 0.3) is 10.9 Å². The topological polar surface area (TPSA) is 93.2 Å². The van der Waals surface area contributed by atoms with Crippen LogP contribution < -0.4 is 16.6 Å². The third-order valence-corrected chi connectivity index (χ3v) is 4.31. The number of carbonyl (C=O) groups excluding carboxylic acids is 1. The number of nitrogens with zero attached hydrogens (tertiary/aromatic N) is 1. The molecule has 0 unspecified atom stereocenters. The second-order valence-corrected chi connectivity index (χ2v) is 6.40. The zero-order valence-corrected chi connectivity index (χ0v) is 14.1. The molecule has 0 aliphatic heterocycles. The maximum absolute atomic E-state index is 12.0. The lowest BCUT2D eigenvalue weighted by Gasteiger charge is -2.10. The van der Waals surface area contributed by atoms with Gasteiger partial charge >= 0.3 is 5.69 Å². The molecular weight excluding hydrogens is 322 g/mol. The summed E-state index contributed by atoms with van der Waals surface area (Å²) in [5.41, 5.74) is -0.366. The molecular formula is C18H23N3O4. The molecule has 1 fully saturated rings. The van der Waals surface area contributed by atoms with Crippen LogP contribution in [-0.2, 0) is 16.1 Å². The van der Waals surface area contributed by atoms with E-state index in [0.29, 0.717) is 24.1 Å². The van der Waals surface area contributed by atoms with Gasteiger partial charge in [-0.1, -0.05) is 12.1 Å². The number of H-pyrrole nitrogens is 1. The van der Waals surface area contributed by atoms with Gasteiger partial charge in [0, 0.05) is 32.7 Å². The monoisotopic (exact) mass is 345 g/mol. The maximum Gasteiger partial charge on any atom is 0.328 e. The molecule has 0 spiro atoms. The number of rotatable bonds is 9. The highest BCUT2D eigenvalue weighted by Gasteiger charge is 2.20. The summed E-state index contributed by atoms with van der Waals surface area (Å²) in [6.45, 7) is 2.27. The highest BCUT2D eigenvalue weighted by atomic mass is 16.5. The van der Waals surface area contributed by atoms with Gasteiger partial charge in [0.15, 0.2) is 0 Å². The Morgan fingerprint density at radius 1 is 1.28 bits per heavy atom. The molecule has 1 amide bonds. The highest BCUT2D eigenvalue weighted by molar-refractivity contribution is 5.78. The van der Waals surface area contributed by atoms with Gasteiger partial charge in [0.1, 0.15) is 0 Å². The zero-order chi connectivity index (χ0) is 17.6. The summed E-state index contributed by atoms with van der Waals surface area (Å²) >= 11 is 0. The van der Waals surface area contributed by atoms with E-state index in [4.69, 9.17) is 4.74 Å². The summed E-state index contributed by atoms with van der Waals surface area (Å²) in [6, 6.07) is 6.87. The summed E-state index contributed by atoms with van der Waals surface area (Å²) in [5.74, 6) is 0.629. The molecule has 3 rings (SSSR count). The number of amides is 1. The fraction of sp³-hybridized carbons (Fsp3) is 0.500. The SMILES string of the molecule is O=C(CCn1c(=O)[nH]c(=O)c2ccccc21)NCCCOCC1CC1. The summed E-state index contributed by atoms with van der Waals surface area (Å²) in [5, 5.41) is 3.27. The van der Waals surface area contributed by atoms with Gasteiger partial charge in [0.25, 0.3) is 5.56 Å². The third-order valence-electron chi connectivity index (χ3n) is 4.31. The van der Waals surface area contributed by atoms with Gasteiger partial charge < -0.3 is 10.1 Å². The van der Waals surface area contributed by atoms with E-state index in [-0.39, 0.29) is 18.9 Å². The quantitative estimate of drug-likeness (QED) is 0.664. The molecule has 7 heteroatoms. The Bertz CT molecular complexity index is 851. The first kappa shape index (κ1) is 17.4. The first-order chi connectivity index (χ1) is 12.1. The number of aryl methyl sites for hydroxylation is 1. The van der Waals surface area contributed by atoms with Crippen molar-refractivity contribution in [2.24, 2.45) is 5.92 Å². The Morgan fingerprint density at radius 2 is 2.08 bits per heavy atom. The van der Waals surface area contributed by atoms with E-state index in [1.807, 2.05) is 0 Å². The summed E-state index contributed by atoms with van der Waals surface area (Å²) in [4.78, 5) is 38.1. The predicted molar refractivity (Wildman–Crippen MR) is 94.6 cm³/mol. The number of hydrogen-bond acceptors (Lipinski definition) is 4. The molecule has 0 radical (unpaired) electrons. The van der Waals surface area contributed by atoms with Gasteiger partial charge in [-0.05, 0) is 37.3 Å². The lowest BCUT2D eigenvalue weighted by molar-refractivity contribution is -0.121. The van der Waals surface area contributed by atoms with Gasteiger partial charge in [-0.3, -0.25) is 19.1 Å². The van der Waals surface area contributed by atoms with Gasteiger partial charge in [0.05, 0.1) is 10.9 Å². The Kier molecular flexibility index (Phi) is 5.65. The minimum atomic E-state index is -0.495. The summed E-state index contributed by atoms with van der Waals surface area (Å²) in [6.07, 6.45) is 3.50. The van der Waals surface area contributed by atoms with E-state index in [0.717, 1.165) is 18.9 Å². The van der Waals surface area contributed by atoms with E-state index < -0.39 is 11.2 Å². The molecule has 1 aliphatic carbocycles. The van der Waals surface area contributed by atoms with Crippen molar-refractivity contribution in [1.82, 2.24) is 14.9 Å². The molecule has 0 bridgehead atoms. The molecule has 1 saturated carbocycles. The zero-order valence-electron chi connectivity index (χ0n) is 14.1. The van der Waals surface area contributed by atoms with Crippen LogP contribution in [0.5, 0.6) is 0 Å². The van der Waals surface area contributed by atoms with E-state index in [2.05, 4.69) is 10.3 Å². The Morgan fingerprint density at radius 3 is 2.88 bits per heavy atom. The highest BCUT2D eigenvalue weighted by Crippen LogP contribution is 2.28. The van der Waals surface area contributed by atoms with Crippen LogP contribution in [0, 0.1) is 5.92 Å². The van der Waals surface area contributed by atoms with Crippen molar-refractivity contribution >= 4 is 16.8 Å². The number of nitrogens with one attached hydrogen (secondary N) is 2. The smallest absolute Gasteiger partial charge is 0.328 e. The minimum absolute atomic E-state index is 0.121. The molecule has 2 N–H and O–H groups in total. The van der Waals surface area contributed by atoms with Crippen LogP contribution in [0.3, 0.4) is 0 Å². The van der Waals surface area contributed by atoms with Crippen LogP contribution in [0.4, 0.5) is 0 Å². The molecule has 25 heavy (non-hydrogen) atoms. The molecule has 0 atom stereocenters. The van der Waals surface area contributed by atoms with Crippen LogP contribution >= 0.6 is 0 Å². The Balaban J connectivity index is 1.48. The van der Waals surface area contributed by atoms with Crippen LogP contribution in [0.2, 0.25) is 0 Å². The van der Waals surface area contributed by atoms with Crippen molar-refractivity contribution in [3.05, 3.63) is 45.1 Å². The van der Waals surface area contributed by atoms with E-state index in [1.165, 1.54) is 17.4 Å². The minimum Gasteiger partial charge on any atom is -0.381 e. The molecule has 1 heterocycles. The second-order valence-electron chi connectivity index (χ2n) is 6.40. The molecule has 0 saturated heterocycles. The number of hydrogen-bond donors (Lipinski definition) is 2. The maximum atomic E-state index is 12.0. The largest absolute Gasteiger partial charge is 0.381 e.